The lowest BCUT2D eigenvalue weighted by molar-refractivity contribution is 0.0765. The van der Waals surface area contributed by atoms with Gasteiger partial charge in [-0.2, -0.15) is 0 Å². The first-order valence-corrected chi connectivity index (χ1v) is 5.91. The van der Waals surface area contributed by atoms with Crippen LogP contribution in [-0.2, 0) is 9.47 Å². The summed E-state index contributed by atoms with van der Waals surface area (Å²) in [5.74, 6) is 0. The maximum atomic E-state index is 11.4. The van der Waals surface area contributed by atoms with Gasteiger partial charge in [0.1, 0.15) is 0 Å². The van der Waals surface area contributed by atoms with Crippen LogP contribution in [0.1, 0.15) is 13.3 Å². The van der Waals surface area contributed by atoms with Gasteiger partial charge < -0.3 is 14.4 Å². The SMILES string of the molecule is CCOC(=O)N1CCN(CCCOC)CC1. The molecule has 1 amide bonds. The molecule has 1 fully saturated rings. The summed E-state index contributed by atoms with van der Waals surface area (Å²) in [6.07, 6.45) is 0.870. The molecule has 0 atom stereocenters. The zero-order valence-corrected chi connectivity index (χ0v) is 10.3. The Labute approximate surface area is 97.3 Å². The second-order valence-electron chi connectivity index (χ2n) is 3.87. The molecule has 0 radical (unpaired) electrons. The Kier molecular flexibility index (Phi) is 6.18. The molecule has 0 N–H and O–H groups in total. The summed E-state index contributed by atoms with van der Waals surface area (Å²) < 4.78 is 9.98. The highest BCUT2D eigenvalue weighted by Gasteiger charge is 2.21. The second kappa shape index (κ2) is 7.46. The van der Waals surface area contributed by atoms with Gasteiger partial charge in [-0.15, -0.1) is 0 Å². The fourth-order valence-corrected chi connectivity index (χ4v) is 1.80. The van der Waals surface area contributed by atoms with Gasteiger partial charge in [-0.25, -0.2) is 4.79 Å². The van der Waals surface area contributed by atoms with Crippen molar-refractivity contribution in [3.8, 4) is 0 Å². The highest BCUT2D eigenvalue weighted by atomic mass is 16.6. The molecule has 0 aliphatic carbocycles. The van der Waals surface area contributed by atoms with Crippen LogP contribution in [0.3, 0.4) is 0 Å². The van der Waals surface area contributed by atoms with E-state index in [2.05, 4.69) is 4.90 Å². The molecule has 0 aromatic heterocycles. The summed E-state index contributed by atoms with van der Waals surface area (Å²) in [4.78, 5) is 15.6. The summed E-state index contributed by atoms with van der Waals surface area (Å²) in [5.41, 5.74) is 0. The minimum Gasteiger partial charge on any atom is -0.450 e. The molecule has 1 rings (SSSR count). The van der Waals surface area contributed by atoms with Crippen LogP contribution in [0.2, 0.25) is 0 Å². The fourth-order valence-electron chi connectivity index (χ4n) is 1.80. The number of amides is 1. The highest BCUT2D eigenvalue weighted by molar-refractivity contribution is 5.67. The minimum absolute atomic E-state index is 0.181. The number of hydrogen-bond acceptors (Lipinski definition) is 4. The van der Waals surface area contributed by atoms with E-state index in [4.69, 9.17) is 9.47 Å². The van der Waals surface area contributed by atoms with Gasteiger partial charge in [-0.05, 0) is 13.3 Å². The van der Waals surface area contributed by atoms with Gasteiger partial charge >= 0.3 is 6.09 Å². The van der Waals surface area contributed by atoms with Gasteiger partial charge in [0, 0.05) is 46.4 Å². The molecule has 1 aliphatic heterocycles. The van der Waals surface area contributed by atoms with Crippen molar-refractivity contribution >= 4 is 6.09 Å². The summed E-state index contributed by atoms with van der Waals surface area (Å²) in [7, 11) is 1.72. The lowest BCUT2D eigenvalue weighted by atomic mass is 10.3. The van der Waals surface area contributed by atoms with E-state index in [1.54, 1.807) is 12.0 Å². The molecule has 94 valence electrons. The van der Waals surface area contributed by atoms with Gasteiger partial charge in [-0.1, -0.05) is 0 Å². The fraction of sp³-hybridized carbons (Fsp3) is 0.909. The van der Waals surface area contributed by atoms with Gasteiger partial charge in [0.15, 0.2) is 0 Å². The Hall–Kier alpha value is -0.810. The largest absolute Gasteiger partial charge is 0.450 e. The first-order valence-electron chi connectivity index (χ1n) is 5.91. The number of hydrogen-bond donors (Lipinski definition) is 0. The molecule has 0 unspecified atom stereocenters. The van der Waals surface area contributed by atoms with E-state index < -0.39 is 0 Å². The Morgan fingerprint density at radius 3 is 2.50 bits per heavy atom. The van der Waals surface area contributed by atoms with E-state index in [1.165, 1.54) is 0 Å². The standard InChI is InChI=1S/C11H22N2O3/c1-3-16-11(14)13-8-6-12(7-9-13)5-4-10-15-2/h3-10H2,1-2H3. The van der Waals surface area contributed by atoms with Crippen LogP contribution in [-0.4, -0.2) is 68.9 Å². The molecular weight excluding hydrogens is 208 g/mol. The first kappa shape index (κ1) is 13.3. The van der Waals surface area contributed by atoms with Gasteiger partial charge in [0.25, 0.3) is 0 Å². The zero-order chi connectivity index (χ0) is 11.8. The quantitative estimate of drug-likeness (QED) is 0.655. The van der Waals surface area contributed by atoms with Crippen molar-refractivity contribution in [2.24, 2.45) is 0 Å². The minimum atomic E-state index is -0.181. The van der Waals surface area contributed by atoms with Crippen LogP contribution in [0.15, 0.2) is 0 Å². The van der Waals surface area contributed by atoms with Crippen molar-refractivity contribution in [2.75, 3.05) is 53.0 Å². The molecule has 1 aliphatic rings. The van der Waals surface area contributed by atoms with Crippen LogP contribution >= 0.6 is 0 Å². The zero-order valence-electron chi connectivity index (χ0n) is 10.3. The third-order valence-corrected chi connectivity index (χ3v) is 2.72. The molecule has 0 aromatic rings. The number of ether oxygens (including phenoxy) is 2. The summed E-state index contributed by atoms with van der Waals surface area (Å²) in [6, 6.07) is 0. The monoisotopic (exact) mass is 230 g/mol. The van der Waals surface area contributed by atoms with Crippen molar-refractivity contribution in [1.29, 1.82) is 0 Å². The second-order valence-corrected chi connectivity index (χ2v) is 3.87. The van der Waals surface area contributed by atoms with Gasteiger partial charge in [-0.3, -0.25) is 4.90 Å². The summed E-state index contributed by atoms with van der Waals surface area (Å²) >= 11 is 0. The average molecular weight is 230 g/mol. The van der Waals surface area contributed by atoms with Crippen molar-refractivity contribution < 1.29 is 14.3 Å². The van der Waals surface area contributed by atoms with E-state index in [0.29, 0.717) is 6.61 Å². The number of carbonyl (C=O) groups excluding carboxylic acids is 1. The van der Waals surface area contributed by atoms with Crippen molar-refractivity contribution in [1.82, 2.24) is 9.80 Å². The predicted molar refractivity (Wildman–Crippen MR) is 61.5 cm³/mol. The smallest absolute Gasteiger partial charge is 0.409 e. The van der Waals surface area contributed by atoms with Crippen LogP contribution in [0.5, 0.6) is 0 Å². The molecule has 1 saturated heterocycles. The predicted octanol–water partition coefficient (Wildman–Crippen LogP) is 0.797. The van der Waals surface area contributed by atoms with Crippen LogP contribution < -0.4 is 0 Å². The molecule has 16 heavy (non-hydrogen) atoms. The maximum absolute atomic E-state index is 11.4. The topological polar surface area (TPSA) is 42.0 Å². The molecule has 1 heterocycles. The van der Waals surface area contributed by atoms with E-state index in [9.17, 15) is 4.79 Å². The average Bonchev–Trinajstić information content (AvgIpc) is 2.30. The first-order chi connectivity index (χ1) is 7.77. The van der Waals surface area contributed by atoms with Crippen LogP contribution in [0, 0.1) is 0 Å². The highest BCUT2D eigenvalue weighted by Crippen LogP contribution is 2.04. The van der Waals surface area contributed by atoms with Crippen molar-refractivity contribution in [2.45, 2.75) is 13.3 Å². The molecule has 0 spiro atoms. The molecular formula is C11H22N2O3. The Morgan fingerprint density at radius 2 is 1.94 bits per heavy atom. The van der Waals surface area contributed by atoms with Crippen LogP contribution in [0.25, 0.3) is 0 Å². The lowest BCUT2D eigenvalue weighted by Crippen LogP contribution is -2.49. The van der Waals surface area contributed by atoms with E-state index in [1.807, 2.05) is 6.92 Å². The molecule has 5 heteroatoms. The molecule has 0 bridgehead atoms. The molecule has 5 nitrogen and oxygen atoms in total. The number of methoxy groups -OCH3 is 1. The number of rotatable bonds is 5. The Morgan fingerprint density at radius 1 is 1.25 bits per heavy atom. The van der Waals surface area contributed by atoms with Gasteiger partial charge in [0.05, 0.1) is 6.61 Å². The lowest BCUT2D eigenvalue weighted by Gasteiger charge is -2.33. The number of nitrogens with zero attached hydrogens (tertiary/aromatic N) is 2. The summed E-state index contributed by atoms with van der Waals surface area (Å²) in [6.45, 7) is 7.54. The number of piperazine rings is 1. The van der Waals surface area contributed by atoms with E-state index in [0.717, 1.165) is 45.8 Å². The normalized spacial score (nSPS) is 17.5. The third-order valence-electron chi connectivity index (χ3n) is 2.72. The van der Waals surface area contributed by atoms with Crippen molar-refractivity contribution in [3.05, 3.63) is 0 Å². The van der Waals surface area contributed by atoms with Gasteiger partial charge in [0.2, 0.25) is 0 Å². The van der Waals surface area contributed by atoms with E-state index >= 15 is 0 Å². The number of carbonyl (C=O) groups is 1. The summed E-state index contributed by atoms with van der Waals surface area (Å²) in [5, 5.41) is 0. The van der Waals surface area contributed by atoms with E-state index in [-0.39, 0.29) is 6.09 Å². The Bertz CT molecular complexity index is 203. The maximum Gasteiger partial charge on any atom is 0.409 e. The molecule has 0 saturated carbocycles. The molecule has 0 aromatic carbocycles. The Balaban J connectivity index is 2.15. The van der Waals surface area contributed by atoms with Crippen LogP contribution in [0.4, 0.5) is 4.79 Å². The van der Waals surface area contributed by atoms with Crippen molar-refractivity contribution in [3.63, 3.8) is 0 Å². The third kappa shape index (κ3) is 4.37.